The molecule has 0 fully saturated rings. The van der Waals surface area contributed by atoms with Crippen LogP contribution >= 0.6 is 0 Å². The predicted molar refractivity (Wildman–Crippen MR) is 81.2 cm³/mol. The number of benzene rings is 2. The second-order valence-electron chi connectivity index (χ2n) is 4.98. The van der Waals surface area contributed by atoms with Gasteiger partial charge in [0.05, 0.1) is 0 Å². The van der Waals surface area contributed by atoms with E-state index in [1.165, 1.54) is 11.1 Å². The molecule has 1 aromatic heterocycles. The molecule has 2 aromatic carbocycles. The Bertz CT molecular complexity index is 693. The molecule has 0 spiro atoms. The summed E-state index contributed by atoms with van der Waals surface area (Å²) in [6.45, 7) is 4.16. The molecule has 0 atom stereocenters. The van der Waals surface area contributed by atoms with Crippen molar-refractivity contribution in [2.75, 3.05) is 0 Å². The van der Waals surface area contributed by atoms with E-state index >= 15 is 0 Å². The molecule has 0 N–H and O–H groups in total. The van der Waals surface area contributed by atoms with Crippen LogP contribution in [0.4, 0.5) is 0 Å². The van der Waals surface area contributed by atoms with Crippen molar-refractivity contribution in [2.45, 2.75) is 13.8 Å². The van der Waals surface area contributed by atoms with E-state index in [0.29, 0.717) is 0 Å². The molecule has 0 saturated carbocycles. The zero-order valence-corrected chi connectivity index (χ0v) is 14.3. The van der Waals surface area contributed by atoms with Crippen molar-refractivity contribution < 1.29 is 20.1 Å². The van der Waals surface area contributed by atoms with E-state index in [2.05, 4.69) is 66.5 Å². The van der Waals surface area contributed by atoms with Crippen molar-refractivity contribution >= 4 is 0 Å². The van der Waals surface area contributed by atoms with Crippen LogP contribution in [0, 0.1) is 20.2 Å². The zero-order chi connectivity index (χ0) is 13.9. The molecule has 3 heteroatoms. The van der Waals surface area contributed by atoms with Gasteiger partial charge < -0.3 is 9.97 Å². The first-order valence-electron chi connectivity index (χ1n) is 6.61. The number of hydrogen-bond acceptors (Lipinski definition) is 2. The van der Waals surface area contributed by atoms with E-state index in [-0.39, 0.29) is 20.1 Å². The first-order chi connectivity index (χ1) is 9.72. The second-order valence-corrected chi connectivity index (χ2v) is 4.98. The first kappa shape index (κ1) is 15.6. The van der Waals surface area contributed by atoms with Crippen LogP contribution in [0.1, 0.15) is 11.1 Å². The Balaban J connectivity index is 0.00000161. The molecule has 3 aromatic rings. The molecule has 0 aliphatic rings. The fraction of sp³-hybridized carbons (Fsp3) is 0.111. The third-order valence-electron chi connectivity index (χ3n) is 3.24. The Morgan fingerprint density at radius 1 is 0.714 bits per heavy atom. The molecule has 1 radical (unpaired) electrons. The molecule has 1 heterocycles. The molecule has 0 aliphatic heterocycles. The van der Waals surface area contributed by atoms with Crippen LogP contribution in [0.15, 0.2) is 54.6 Å². The molecule has 0 bridgehead atoms. The monoisotopic (exact) mass is 452 g/mol. The number of hydrogen-bond donors (Lipinski definition) is 0. The molecule has 2 nitrogen and oxygen atoms in total. The maximum atomic E-state index is 4.26. The second kappa shape index (κ2) is 6.75. The standard InChI is InChI=1S/C18H15N2.Ir/c1-13-5-3-7-15(9-13)17-11-18(20-12-19-17)16-8-4-6-14(2)10-16;/h3-11H,1-2H3;/q-1;. The molecule has 107 valence electrons. The van der Waals surface area contributed by atoms with E-state index in [1.54, 1.807) is 0 Å². The van der Waals surface area contributed by atoms with Crippen molar-refractivity contribution in [1.29, 1.82) is 0 Å². The summed E-state index contributed by atoms with van der Waals surface area (Å²) in [4.78, 5) is 8.53. The Kier molecular flexibility index (Phi) is 5.00. The Labute approximate surface area is 138 Å². The predicted octanol–water partition coefficient (Wildman–Crippen LogP) is 4.23. The summed E-state index contributed by atoms with van der Waals surface area (Å²) in [5.74, 6) is 0. The average molecular weight is 452 g/mol. The largest absolute Gasteiger partial charge is 0.366 e. The van der Waals surface area contributed by atoms with Gasteiger partial charge in [-0.05, 0) is 25.2 Å². The van der Waals surface area contributed by atoms with E-state index < -0.39 is 0 Å². The minimum absolute atomic E-state index is 0. The minimum Gasteiger partial charge on any atom is -0.366 e. The van der Waals surface area contributed by atoms with Crippen molar-refractivity contribution in [1.82, 2.24) is 9.97 Å². The van der Waals surface area contributed by atoms with Crippen LogP contribution in [0.5, 0.6) is 0 Å². The van der Waals surface area contributed by atoms with Crippen LogP contribution in [0.25, 0.3) is 22.5 Å². The van der Waals surface area contributed by atoms with Crippen molar-refractivity contribution in [3.63, 3.8) is 0 Å². The van der Waals surface area contributed by atoms with Crippen molar-refractivity contribution in [2.24, 2.45) is 0 Å². The van der Waals surface area contributed by atoms with Crippen LogP contribution < -0.4 is 0 Å². The first-order valence-corrected chi connectivity index (χ1v) is 6.61. The third kappa shape index (κ3) is 3.63. The van der Waals surface area contributed by atoms with Gasteiger partial charge in [0, 0.05) is 26.4 Å². The molecule has 0 aliphatic carbocycles. The zero-order valence-electron chi connectivity index (χ0n) is 11.9. The Morgan fingerprint density at radius 3 is 1.62 bits per heavy atom. The normalized spacial score (nSPS) is 10.0. The summed E-state index contributed by atoms with van der Waals surface area (Å²) in [6, 6.07) is 18.6. The fourth-order valence-electron chi connectivity index (χ4n) is 2.23. The smallest absolute Gasteiger partial charge is 0.0225 e. The van der Waals surface area contributed by atoms with Gasteiger partial charge in [-0.1, -0.05) is 70.8 Å². The van der Waals surface area contributed by atoms with Crippen LogP contribution in [-0.4, -0.2) is 9.97 Å². The van der Waals surface area contributed by atoms with Gasteiger partial charge in [0.15, 0.2) is 0 Å². The quantitative estimate of drug-likeness (QED) is 0.545. The Hall–Kier alpha value is -1.83. The van der Waals surface area contributed by atoms with Crippen LogP contribution in [-0.2, 0) is 20.1 Å². The van der Waals surface area contributed by atoms with Crippen LogP contribution in [0.2, 0.25) is 0 Å². The fourth-order valence-corrected chi connectivity index (χ4v) is 2.23. The van der Waals surface area contributed by atoms with Gasteiger partial charge in [-0.25, -0.2) is 0 Å². The van der Waals surface area contributed by atoms with Crippen molar-refractivity contribution in [3.8, 4) is 22.5 Å². The van der Waals surface area contributed by atoms with Gasteiger partial charge in [-0.15, -0.1) is 6.07 Å². The summed E-state index contributed by atoms with van der Waals surface area (Å²) >= 11 is 0. The SMILES string of the molecule is Cc1cccc(-c2cc(-c3cccc(C)c3)n[c-]n2)c1.[Ir]. The molecule has 3 rings (SSSR count). The maximum absolute atomic E-state index is 4.26. The van der Waals surface area contributed by atoms with Crippen molar-refractivity contribution in [3.05, 3.63) is 72.1 Å². The molecular formula is C18H15IrN2-. The molecule has 0 amide bonds. The summed E-state index contributed by atoms with van der Waals surface area (Å²) in [5, 5.41) is 0. The summed E-state index contributed by atoms with van der Waals surface area (Å²) in [7, 11) is 0. The van der Waals surface area contributed by atoms with Gasteiger partial charge >= 0.3 is 0 Å². The third-order valence-corrected chi connectivity index (χ3v) is 3.24. The summed E-state index contributed by atoms with van der Waals surface area (Å²) in [6.07, 6.45) is 2.77. The number of aromatic nitrogens is 2. The number of nitrogens with zero attached hydrogens (tertiary/aromatic N) is 2. The summed E-state index contributed by atoms with van der Waals surface area (Å²) < 4.78 is 0. The topological polar surface area (TPSA) is 25.8 Å². The average Bonchev–Trinajstić information content (AvgIpc) is 2.47. The molecular weight excluding hydrogens is 436 g/mol. The number of rotatable bonds is 2. The van der Waals surface area contributed by atoms with Gasteiger partial charge in [0.2, 0.25) is 0 Å². The van der Waals surface area contributed by atoms with E-state index in [1.807, 2.05) is 18.2 Å². The minimum atomic E-state index is 0. The molecule has 0 unspecified atom stereocenters. The van der Waals surface area contributed by atoms with Gasteiger partial charge in [0.1, 0.15) is 0 Å². The summed E-state index contributed by atoms with van der Waals surface area (Å²) in [5.41, 5.74) is 6.44. The van der Waals surface area contributed by atoms with E-state index in [9.17, 15) is 0 Å². The maximum Gasteiger partial charge on any atom is 0.0225 e. The van der Waals surface area contributed by atoms with E-state index in [0.717, 1.165) is 22.5 Å². The van der Waals surface area contributed by atoms with Gasteiger partial charge in [-0.3, -0.25) is 0 Å². The molecule has 0 saturated heterocycles. The molecule has 21 heavy (non-hydrogen) atoms. The van der Waals surface area contributed by atoms with Crippen LogP contribution in [0.3, 0.4) is 0 Å². The number of aryl methyl sites for hydroxylation is 2. The van der Waals surface area contributed by atoms with Gasteiger partial charge in [-0.2, -0.15) is 0 Å². The van der Waals surface area contributed by atoms with Gasteiger partial charge in [0.25, 0.3) is 0 Å². The van der Waals surface area contributed by atoms with E-state index in [4.69, 9.17) is 0 Å². The Morgan fingerprint density at radius 2 is 1.19 bits per heavy atom.